The first-order valence-corrected chi connectivity index (χ1v) is 7.89. The summed E-state index contributed by atoms with van der Waals surface area (Å²) in [5, 5.41) is 23.6. The van der Waals surface area contributed by atoms with Crippen LogP contribution in [-0.2, 0) is 0 Å². The molecule has 0 aliphatic rings. The molecule has 27 heavy (non-hydrogen) atoms. The average molecular weight is 366 g/mol. The summed E-state index contributed by atoms with van der Waals surface area (Å²) >= 11 is 0. The molecular weight excluding hydrogens is 352 g/mol. The Morgan fingerprint density at radius 1 is 1.07 bits per heavy atom. The number of aromatic nitrogens is 3. The smallest absolute Gasteiger partial charge is 0.350 e. The second kappa shape index (κ2) is 6.06. The molecule has 0 saturated carbocycles. The molecule has 0 aliphatic carbocycles. The average Bonchev–Trinajstić information content (AvgIpc) is 3.01. The summed E-state index contributed by atoms with van der Waals surface area (Å²) in [6.45, 7) is 0. The van der Waals surface area contributed by atoms with Crippen molar-refractivity contribution >= 4 is 28.2 Å². The summed E-state index contributed by atoms with van der Waals surface area (Å²) in [6, 6.07) is 9.08. The van der Waals surface area contributed by atoms with Crippen LogP contribution in [0, 0.1) is 0 Å². The number of phenols is 2. The van der Waals surface area contributed by atoms with Gasteiger partial charge in [-0.25, -0.2) is 4.79 Å². The topological polar surface area (TPSA) is 133 Å². The van der Waals surface area contributed by atoms with Crippen LogP contribution in [0.5, 0.6) is 17.2 Å². The van der Waals surface area contributed by atoms with Crippen molar-refractivity contribution in [1.82, 2.24) is 14.6 Å². The summed E-state index contributed by atoms with van der Waals surface area (Å²) in [7, 11) is 1.53. The van der Waals surface area contributed by atoms with Gasteiger partial charge in [0.2, 0.25) is 0 Å². The van der Waals surface area contributed by atoms with Gasteiger partial charge in [-0.1, -0.05) is 0 Å². The molecule has 0 fully saturated rings. The summed E-state index contributed by atoms with van der Waals surface area (Å²) in [5.74, 6) is 0.242. The van der Waals surface area contributed by atoms with Gasteiger partial charge in [0.1, 0.15) is 22.8 Å². The number of benzene rings is 2. The monoisotopic (exact) mass is 366 g/mol. The lowest BCUT2D eigenvalue weighted by molar-refractivity contribution is 0.415. The predicted molar refractivity (Wildman–Crippen MR) is 100 cm³/mol. The van der Waals surface area contributed by atoms with Crippen LogP contribution in [0.1, 0.15) is 5.56 Å². The van der Waals surface area contributed by atoms with E-state index >= 15 is 0 Å². The molecule has 0 radical (unpaired) electrons. The van der Waals surface area contributed by atoms with Gasteiger partial charge in [0.25, 0.3) is 0 Å². The highest BCUT2D eigenvalue weighted by molar-refractivity contribution is 6.04. The Bertz CT molecular complexity index is 1330. The standard InChI is InChI=1S/C18H14N4O5/c1-27-11-4-5-13-12(7-11)15-16(20-13)17(25)22(18(26)21-15)19-8-9-2-3-10(23)6-14(9)24/h2-8,20,23-24H,1H3,(H,21,26). The predicted octanol–water partition coefficient (Wildman–Crippen LogP) is 1.47. The van der Waals surface area contributed by atoms with Crippen LogP contribution in [0.15, 0.2) is 51.1 Å². The maximum Gasteiger partial charge on any atom is 0.350 e. The molecule has 0 unspecified atom stereocenters. The number of rotatable bonds is 3. The number of aromatic hydroxyl groups is 2. The molecule has 136 valence electrons. The molecule has 0 amide bonds. The van der Waals surface area contributed by atoms with Gasteiger partial charge in [0.15, 0.2) is 0 Å². The molecular formula is C18H14N4O5. The van der Waals surface area contributed by atoms with Crippen LogP contribution < -0.4 is 16.0 Å². The molecule has 2 aromatic heterocycles. The zero-order valence-electron chi connectivity index (χ0n) is 14.1. The highest BCUT2D eigenvalue weighted by Crippen LogP contribution is 2.25. The van der Waals surface area contributed by atoms with Crippen LogP contribution in [-0.4, -0.2) is 38.2 Å². The third-order valence-electron chi connectivity index (χ3n) is 4.16. The van der Waals surface area contributed by atoms with Crippen LogP contribution >= 0.6 is 0 Å². The van der Waals surface area contributed by atoms with Crippen molar-refractivity contribution in [3.8, 4) is 17.2 Å². The molecule has 0 bridgehead atoms. The quantitative estimate of drug-likeness (QED) is 0.408. The molecule has 0 aliphatic heterocycles. The largest absolute Gasteiger partial charge is 0.508 e. The fourth-order valence-electron chi connectivity index (χ4n) is 2.81. The summed E-state index contributed by atoms with van der Waals surface area (Å²) in [5.41, 5.74) is 0.0731. The highest BCUT2D eigenvalue weighted by Gasteiger charge is 2.13. The van der Waals surface area contributed by atoms with E-state index in [0.29, 0.717) is 26.8 Å². The lowest BCUT2D eigenvalue weighted by Gasteiger charge is -2.01. The number of ether oxygens (including phenoxy) is 1. The van der Waals surface area contributed by atoms with Crippen molar-refractivity contribution < 1.29 is 14.9 Å². The number of aromatic amines is 2. The van der Waals surface area contributed by atoms with E-state index in [1.54, 1.807) is 18.2 Å². The Labute approximate surface area is 150 Å². The minimum absolute atomic E-state index is 0.116. The number of fused-ring (bicyclic) bond motifs is 3. The van der Waals surface area contributed by atoms with Crippen molar-refractivity contribution in [3.05, 3.63) is 62.8 Å². The molecule has 0 spiro atoms. The van der Waals surface area contributed by atoms with Crippen molar-refractivity contribution in [2.75, 3.05) is 7.11 Å². The molecule has 2 heterocycles. The zero-order chi connectivity index (χ0) is 19.1. The second-order valence-corrected chi connectivity index (χ2v) is 5.82. The van der Waals surface area contributed by atoms with Gasteiger partial charge in [-0.2, -0.15) is 5.10 Å². The first kappa shape index (κ1) is 16.5. The SMILES string of the molecule is COc1ccc2[nH]c3c(=O)n(N=Cc4ccc(O)cc4O)c(=O)[nH]c3c2c1. The number of methoxy groups -OCH3 is 1. The van der Waals surface area contributed by atoms with Gasteiger partial charge in [-0.3, -0.25) is 4.79 Å². The van der Waals surface area contributed by atoms with E-state index in [2.05, 4.69) is 15.1 Å². The summed E-state index contributed by atoms with van der Waals surface area (Å²) in [6.07, 6.45) is 1.16. The maximum absolute atomic E-state index is 12.7. The third-order valence-corrected chi connectivity index (χ3v) is 4.16. The summed E-state index contributed by atoms with van der Waals surface area (Å²) < 4.78 is 5.83. The molecule has 9 heteroatoms. The van der Waals surface area contributed by atoms with Crippen molar-refractivity contribution in [1.29, 1.82) is 0 Å². The molecule has 4 aromatic rings. The molecule has 4 rings (SSSR count). The van der Waals surface area contributed by atoms with Gasteiger partial charge in [-0.05, 0) is 30.3 Å². The fourth-order valence-corrected chi connectivity index (χ4v) is 2.81. The van der Waals surface area contributed by atoms with Crippen LogP contribution in [0.25, 0.3) is 21.9 Å². The van der Waals surface area contributed by atoms with Crippen molar-refractivity contribution in [2.24, 2.45) is 5.10 Å². The van der Waals surface area contributed by atoms with Gasteiger partial charge >= 0.3 is 11.2 Å². The molecule has 4 N–H and O–H groups in total. The Kier molecular flexibility index (Phi) is 3.69. The first-order valence-electron chi connectivity index (χ1n) is 7.89. The maximum atomic E-state index is 12.7. The third kappa shape index (κ3) is 2.71. The van der Waals surface area contributed by atoms with Crippen molar-refractivity contribution in [3.63, 3.8) is 0 Å². The molecule has 0 saturated heterocycles. The van der Waals surface area contributed by atoms with Gasteiger partial charge < -0.3 is 24.9 Å². The Morgan fingerprint density at radius 3 is 2.63 bits per heavy atom. The zero-order valence-corrected chi connectivity index (χ0v) is 14.1. The van der Waals surface area contributed by atoms with E-state index in [4.69, 9.17) is 4.74 Å². The number of hydrogen-bond acceptors (Lipinski definition) is 6. The van der Waals surface area contributed by atoms with Crippen LogP contribution in [0.3, 0.4) is 0 Å². The number of H-pyrrole nitrogens is 2. The summed E-state index contributed by atoms with van der Waals surface area (Å²) in [4.78, 5) is 30.7. The van der Waals surface area contributed by atoms with Crippen molar-refractivity contribution in [2.45, 2.75) is 0 Å². The second-order valence-electron chi connectivity index (χ2n) is 5.82. The van der Waals surface area contributed by atoms with Gasteiger partial charge in [0.05, 0.1) is 18.8 Å². The minimum Gasteiger partial charge on any atom is -0.508 e. The number of nitrogens with one attached hydrogen (secondary N) is 2. The lowest BCUT2D eigenvalue weighted by Crippen LogP contribution is -2.32. The van der Waals surface area contributed by atoms with Gasteiger partial charge in [-0.15, -0.1) is 4.68 Å². The Morgan fingerprint density at radius 2 is 1.89 bits per heavy atom. The van der Waals surface area contributed by atoms with E-state index in [1.165, 1.54) is 19.2 Å². The first-order chi connectivity index (χ1) is 13.0. The van der Waals surface area contributed by atoms with E-state index in [1.807, 2.05) is 0 Å². The molecule has 0 atom stereocenters. The van der Waals surface area contributed by atoms with Crippen LogP contribution in [0.4, 0.5) is 0 Å². The van der Waals surface area contributed by atoms with E-state index in [-0.39, 0.29) is 22.6 Å². The number of nitrogens with zero attached hydrogens (tertiary/aromatic N) is 2. The Balaban J connectivity index is 1.89. The minimum atomic E-state index is -0.731. The highest BCUT2D eigenvalue weighted by atomic mass is 16.5. The number of hydrogen-bond donors (Lipinski definition) is 4. The van der Waals surface area contributed by atoms with E-state index in [9.17, 15) is 19.8 Å². The number of phenolic OH excluding ortho intramolecular Hbond substituents is 2. The lowest BCUT2D eigenvalue weighted by atomic mass is 10.2. The fraction of sp³-hybridized carbons (Fsp3) is 0.0556. The molecule has 2 aromatic carbocycles. The van der Waals surface area contributed by atoms with E-state index in [0.717, 1.165) is 12.3 Å². The van der Waals surface area contributed by atoms with Gasteiger partial charge in [0, 0.05) is 22.5 Å². The van der Waals surface area contributed by atoms with Crippen LogP contribution in [0.2, 0.25) is 0 Å². The Hall–Kier alpha value is -4.01. The molecule has 9 nitrogen and oxygen atoms in total. The normalized spacial score (nSPS) is 11.6. The van der Waals surface area contributed by atoms with E-state index < -0.39 is 11.2 Å².